The lowest BCUT2D eigenvalue weighted by atomic mass is 10.1. The van der Waals surface area contributed by atoms with Gasteiger partial charge in [0, 0.05) is 12.8 Å². The van der Waals surface area contributed by atoms with Crippen LogP contribution in [0.15, 0.2) is 72.8 Å². The highest BCUT2D eigenvalue weighted by Crippen LogP contribution is 2.15. The zero-order chi connectivity index (χ0) is 18.2. The lowest BCUT2D eigenvalue weighted by Crippen LogP contribution is -2.04. The minimum atomic E-state index is 0.687. The van der Waals surface area contributed by atoms with E-state index in [2.05, 4.69) is 62.4 Å². The maximum atomic E-state index is 5.86. The number of aryl methyl sites for hydroxylation is 2. The standard InChI is InChI=1S/C24H26O2/c1-19-6-3-10-23(16-19)25-14-12-21-8-5-9-22(18-21)13-15-26-24-11-4-7-20(2)17-24/h3-11,16-18H,12-15H2,1-2H3. The van der Waals surface area contributed by atoms with Crippen molar-refractivity contribution in [1.82, 2.24) is 0 Å². The highest BCUT2D eigenvalue weighted by Gasteiger charge is 2.00. The molecule has 0 N–H and O–H groups in total. The first kappa shape index (κ1) is 18.1. The van der Waals surface area contributed by atoms with E-state index < -0.39 is 0 Å². The van der Waals surface area contributed by atoms with E-state index in [9.17, 15) is 0 Å². The van der Waals surface area contributed by atoms with Gasteiger partial charge in [-0.25, -0.2) is 0 Å². The van der Waals surface area contributed by atoms with E-state index >= 15 is 0 Å². The molecule has 0 saturated carbocycles. The molecule has 3 aromatic rings. The Morgan fingerprint density at radius 1 is 0.577 bits per heavy atom. The molecular formula is C24H26O2. The van der Waals surface area contributed by atoms with Gasteiger partial charge in [0.2, 0.25) is 0 Å². The van der Waals surface area contributed by atoms with E-state index in [4.69, 9.17) is 9.47 Å². The lowest BCUT2D eigenvalue weighted by Gasteiger charge is -2.09. The average molecular weight is 346 g/mol. The maximum Gasteiger partial charge on any atom is 0.119 e. The molecule has 3 rings (SSSR count). The van der Waals surface area contributed by atoms with Gasteiger partial charge in [-0.2, -0.15) is 0 Å². The van der Waals surface area contributed by atoms with Crippen molar-refractivity contribution in [3.8, 4) is 11.5 Å². The molecule has 0 bridgehead atoms. The predicted molar refractivity (Wildman–Crippen MR) is 107 cm³/mol. The highest BCUT2D eigenvalue weighted by atomic mass is 16.5. The number of benzene rings is 3. The zero-order valence-electron chi connectivity index (χ0n) is 15.6. The minimum Gasteiger partial charge on any atom is -0.493 e. The molecule has 0 aliphatic rings. The van der Waals surface area contributed by atoms with Crippen LogP contribution in [0.3, 0.4) is 0 Å². The van der Waals surface area contributed by atoms with Crippen LogP contribution in [0.25, 0.3) is 0 Å². The van der Waals surface area contributed by atoms with Crippen LogP contribution in [0.1, 0.15) is 22.3 Å². The molecule has 0 aliphatic heterocycles. The Morgan fingerprint density at radius 2 is 1.04 bits per heavy atom. The van der Waals surface area contributed by atoms with Gasteiger partial charge in [0.05, 0.1) is 13.2 Å². The monoisotopic (exact) mass is 346 g/mol. The van der Waals surface area contributed by atoms with Gasteiger partial charge in [-0.15, -0.1) is 0 Å². The normalized spacial score (nSPS) is 10.5. The third-order valence-electron chi connectivity index (χ3n) is 4.29. The van der Waals surface area contributed by atoms with Crippen molar-refractivity contribution in [2.75, 3.05) is 13.2 Å². The van der Waals surface area contributed by atoms with Crippen LogP contribution in [-0.4, -0.2) is 13.2 Å². The maximum absolute atomic E-state index is 5.86. The Kier molecular flexibility index (Phi) is 6.32. The van der Waals surface area contributed by atoms with Crippen molar-refractivity contribution in [1.29, 1.82) is 0 Å². The summed E-state index contributed by atoms with van der Waals surface area (Å²) in [6.07, 6.45) is 1.81. The third-order valence-corrected chi connectivity index (χ3v) is 4.29. The third kappa shape index (κ3) is 5.66. The summed E-state index contributed by atoms with van der Waals surface area (Å²) in [5, 5.41) is 0. The zero-order valence-corrected chi connectivity index (χ0v) is 15.6. The van der Waals surface area contributed by atoms with Crippen LogP contribution < -0.4 is 9.47 Å². The molecule has 0 fully saturated rings. The fraction of sp³-hybridized carbons (Fsp3) is 0.250. The summed E-state index contributed by atoms with van der Waals surface area (Å²) < 4.78 is 11.7. The smallest absolute Gasteiger partial charge is 0.119 e. The summed E-state index contributed by atoms with van der Waals surface area (Å²) in [5.41, 5.74) is 5.03. The summed E-state index contributed by atoms with van der Waals surface area (Å²) in [5.74, 6) is 1.88. The van der Waals surface area contributed by atoms with Gasteiger partial charge in [0.25, 0.3) is 0 Å². The fourth-order valence-corrected chi connectivity index (χ4v) is 2.92. The second-order valence-corrected chi connectivity index (χ2v) is 6.65. The second-order valence-electron chi connectivity index (χ2n) is 6.65. The Hall–Kier alpha value is -2.74. The first-order valence-corrected chi connectivity index (χ1v) is 9.16. The SMILES string of the molecule is Cc1cccc(OCCc2cccc(CCOc3cccc(C)c3)c2)c1. The molecule has 0 saturated heterocycles. The number of hydrogen-bond acceptors (Lipinski definition) is 2. The Labute approximate surface area is 156 Å². The second kappa shape index (κ2) is 9.10. The van der Waals surface area contributed by atoms with E-state index in [0.717, 1.165) is 24.3 Å². The topological polar surface area (TPSA) is 18.5 Å². The summed E-state index contributed by atoms with van der Waals surface area (Å²) >= 11 is 0. The van der Waals surface area contributed by atoms with E-state index in [1.165, 1.54) is 22.3 Å². The summed E-state index contributed by atoms with van der Waals surface area (Å²) in [6.45, 7) is 5.53. The molecule has 0 spiro atoms. The van der Waals surface area contributed by atoms with Crippen LogP contribution in [0.2, 0.25) is 0 Å². The average Bonchev–Trinajstić information content (AvgIpc) is 2.62. The molecule has 0 unspecified atom stereocenters. The first-order chi connectivity index (χ1) is 12.7. The van der Waals surface area contributed by atoms with Gasteiger partial charge in [0.1, 0.15) is 11.5 Å². The van der Waals surface area contributed by atoms with Gasteiger partial charge in [-0.05, 0) is 60.4 Å². The van der Waals surface area contributed by atoms with Gasteiger partial charge in [-0.1, -0.05) is 48.5 Å². The fourth-order valence-electron chi connectivity index (χ4n) is 2.92. The Balaban J connectivity index is 1.46. The molecule has 2 nitrogen and oxygen atoms in total. The van der Waals surface area contributed by atoms with Gasteiger partial charge >= 0.3 is 0 Å². The molecule has 0 radical (unpaired) electrons. The van der Waals surface area contributed by atoms with Crippen molar-refractivity contribution in [2.24, 2.45) is 0 Å². The quantitative estimate of drug-likeness (QED) is 0.533. The van der Waals surface area contributed by atoms with Crippen molar-refractivity contribution in [2.45, 2.75) is 26.7 Å². The largest absolute Gasteiger partial charge is 0.493 e. The lowest BCUT2D eigenvalue weighted by molar-refractivity contribution is 0.320. The van der Waals surface area contributed by atoms with E-state index in [0.29, 0.717) is 13.2 Å². The molecule has 0 heterocycles. The van der Waals surface area contributed by atoms with Crippen LogP contribution in [0.5, 0.6) is 11.5 Å². The van der Waals surface area contributed by atoms with Crippen LogP contribution >= 0.6 is 0 Å². The van der Waals surface area contributed by atoms with Crippen LogP contribution in [0, 0.1) is 13.8 Å². The van der Waals surface area contributed by atoms with Crippen molar-refractivity contribution in [3.05, 3.63) is 95.1 Å². The predicted octanol–water partition coefficient (Wildman–Crippen LogP) is 5.55. The number of rotatable bonds is 8. The van der Waals surface area contributed by atoms with Crippen molar-refractivity contribution < 1.29 is 9.47 Å². The van der Waals surface area contributed by atoms with Crippen molar-refractivity contribution >= 4 is 0 Å². The molecule has 0 atom stereocenters. The van der Waals surface area contributed by atoms with E-state index in [1.54, 1.807) is 0 Å². The van der Waals surface area contributed by atoms with Crippen molar-refractivity contribution in [3.63, 3.8) is 0 Å². The first-order valence-electron chi connectivity index (χ1n) is 9.16. The van der Waals surface area contributed by atoms with Gasteiger partial charge < -0.3 is 9.47 Å². The molecular weight excluding hydrogens is 320 g/mol. The molecule has 0 aromatic heterocycles. The molecule has 134 valence electrons. The summed E-state index contributed by atoms with van der Waals surface area (Å²) in [4.78, 5) is 0. The molecule has 26 heavy (non-hydrogen) atoms. The Bertz CT molecular complexity index is 772. The van der Waals surface area contributed by atoms with E-state index in [1.807, 2.05) is 24.3 Å². The highest BCUT2D eigenvalue weighted by molar-refractivity contribution is 5.29. The molecule has 0 aliphatic carbocycles. The number of hydrogen-bond donors (Lipinski definition) is 0. The van der Waals surface area contributed by atoms with Gasteiger partial charge in [-0.3, -0.25) is 0 Å². The van der Waals surface area contributed by atoms with Crippen LogP contribution in [0.4, 0.5) is 0 Å². The van der Waals surface area contributed by atoms with Crippen LogP contribution in [-0.2, 0) is 12.8 Å². The van der Waals surface area contributed by atoms with E-state index in [-0.39, 0.29) is 0 Å². The number of ether oxygens (including phenoxy) is 2. The summed E-state index contributed by atoms with van der Waals surface area (Å²) in [6, 6.07) is 25.0. The van der Waals surface area contributed by atoms with Gasteiger partial charge in [0.15, 0.2) is 0 Å². The molecule has 3 aromatic carbocycles. The Morgan fingerprint density at radius 3 is 1.50 bits per heavy atom. The summed E-state index contributed by atoms with van der Waals surface area (Å²) in [7, 11) is 0. The molecule has 0 amide bonds. The minimum absolute atomic E-state index is 0.687. The molecule has 2 heteroatoms.